The lowest BCUT2D eigenvalue weighted by molar-refractivity contribution is 0.312. The molecule has 2 heterocycles. The zero-order chi connectivity index (χ0) is 13.7. The lowest BCUT2D eigenvalue weighted by Gasteiger charge is -2.08. The van der Waals surface area contributed by atoms with E-state index in [1.165, 1.54) is 0 Å². The van der Waals surface area contributed by atoms with Crippen LogP contribution in [0.2, 0.25) is 0 Å². The molecule has 0 aromatic carbocycles. The third kappa shape index (κ3) is 3.30. The first-order valence-corrected chi connectivity index (χ1v) is 5.99. The lowest BCUT2D eigenvalue weighted by Crippen LogP contribution is -2.11. The van der Waals surface area contributed by atoms with Crippen LogP contribution in [0.15, 0.2) is 12.4 Å². The third-order valence-electron chi connectivity index (χ3n) is 2.44. The molecule has 0 atom stereocenters. The van der Waals surface area contributed by atoms with Crippen molar-refractivity contribution in [3.05, 3.63) is 18.2 Å². The molecule has 0 aliphatic rings. The number of nitrogens with one attached hydrogen (secondary N) is 2. The molecule has 19 heavy (non-hydrogen) atoms. The van der Waals surface area contributed by atoms with Gasteiger partial charge in [-0.2, -0.15) is 15.0 Å². The summed E-state index contributed by atoms with van der Waals surface area (Å²) < 4.78 is 7.21. The van der Waals surface area contributed by atoms with Crippen molar-refractivity contribution in [2.45, 2.75) is 13.5 Å². The summed E-state index contributed by atoms with van der Waals surface area (Å²) in [7, 11) is 3.68. The van der Waals surface area contributed by atoms with Crippen molar-refractivity contribution < 1.29 is 4.74 Å². The summed E-state index contributed by atoms with van der Waals surface area (Å²) >= 11 is 0. The summed E-state index contributed by atoms with van der Waals surface area (Å²) in [6, 6.07) is 0.296. The van der Waals surface area contributed by atoms with E-state index in [-0.39, 0.29) is 0 Å². The number of hydrogen-bond donors (Lipinski definition) is 2. The van der Waals surface area contributed by atoms with E-state index in [9.17, 15) is 0 Å². The zero-order valence-electron chi connectivity index (χ0n) is 11.2. The van der Waals surface area contributed by atoms with E-state index in [0.29, 0.717) is 31.1 Å². The maximum absolute atomic E-state index is 5.29. The van der Waals surface area contributed by atoms with Gasteiger partial charge >= 0.3 is 6.01 Å². The molecule has 2 aromatic rings. The zero-order valence-corrected chi connectivity index (χ0v) is 11.2. The maximum Gasteiger partial charge on any atom is 0.323 e. The van der Waals surface area contributed by atoms with Crippen molar-refractivity contribution in [3.8, 4) is 6.01 Å². The molecule has 0 saturated carbocycles. The van der Waals surface area contributed by atoms with E-state index in [2.05, 4.69) is 30.6 Å². The second kappa shape index (κ2) is 5.98. The molecule has 0 spiro atoms. The van der Waals surface area contributed by atoms with Gasteiger partial charge in [0, 0.05) is 26.5 Å². The van der Waals surface area contributed by atoms with E-state index in [1.54, 1.807) is 13.2 Å². The van der Waals surface area contributed by atoms with Crippen molar-refractivity contribution in [2.24, 2.45) is 7.05 Å². The molecule has 0 aliphatic heterocycles. The highest BCUT2D eigenvalue weighted by Gasteiger charge is 2.07. The minimum absolute atomic E-state index is 0.296. The van der Waals surface area contributed by atoms with Crippen LogP contribution in [-0.4, -0.2) is 38.2 Å². The molecule has 0 saturated heterocycles. The first-order chi connectivity index (χ1) is 9.22. The molecule has 2 rings (SSSR count). The summed E-state index contributed by atoms with van der Waals surface area (Å²) in [4.78, 5) is 16.7. The summed E-state index contributed by atoms with van der Waals surface area (Å²) in [5.41, 5.74) is 0. The van der Waals surface area contributed by atoms with Crippen molar-refractivity contribution in [1.82, 2.24) is 24.5 Å². The molecule has 0 unspecified atom stereocenters. The van der Waals surface area contributed by atoms with Crippen LogP contribution < -0.4 is 15.4 Å². The first-order valence-electron chi connectivity index (χ1n) is 5.99. The van der Waals surface area contributed by atoms with Crippen LogP contribution in [0.5, 0.6) is 6.01 Å². The molecule has 2 N–H and O–H groups in total. The van der Waals surface area contributed by atoms with E-state index >= 15 is 0 Å². The number of ether oxygens (including phenoxy) is 1. The molecule has 0 bridgehead atoms. The number of nitrogens with zero attached hydrogens (tertiary/aromatic N) is 5. The number of aryl methyl sites for hydroxylation is 1. The van der Waals surface area contributed by atoms with Crippen LogP contribution in [0.25, 0.3) is 0 Å². The third-order valence-corrected chi connectivity index (χ3v) is 2.44. The Balaban J connectivity index is 2.10. The van der Waals surface area contributed by atoms with Gasteiger partial charge in [0.1, 0.15) is 5.82 Å². The summed E-state index contributed by atoms with van der Waals surface area (Å²) in [6.45, 7) is 2.91. The highest BCUT2D eigenvalue weighted by atomic mass is 16.5. The SMILES string of the molecule is CCOc1nc(NC)nc(NCc2nccn2C)n1. The standard InChI is InChI=1S/C11H17N7O/c1-4-19-11-16-9(12-2)15-10(17-11)14-7-8-13-5-6-18(8)3/h5-6H,4,7H2,1-3H3,(H2,12,14,15,16,17). The van der Waals surface area contributed by atoms with Gasteiger partial charge < -0.3 is 19.9 Å². The Morgan fingerprint density at radius 1 is 1.26 bits per heavy atom. The summed E-state index contributed by atoms with van der Waals surface area (Å²) in [5, 5.41) is 5.96. The average molecular weight is 263 g/mol. The lowest BCUT2D eigenvalue weighted by atomic mass is 10.6. The maximum atomic E-state index is 5.29. The Hall–Kier alpha value is -2.38. The van der Waals surface area contributed by atoms with Gasteiger partial charge in [0.15, 0.2) is 0 Å². The fourth-order valence-electron chi connectivity index (χ4n) is 1.47. The largest absolute Gasteiger partial charge is 0.464 e. The fraction of sp³-hybridized carbons (Fsp3) is 0.455. The smallest absolute Gasteiger partial charge is 0.323 e. The topological polar surface area (TPSA) is 89.8 Å². The number of imidazole rings is 1. The Labute approximate surface area is 111 Å². The quantitative estimate of drug-likeness (QED) is 0.791. The molecular weight excluding hydrogens is 246 g/mol. The molecule has 0 fully saturated rings. The Morgan fingerprint density at radius 2 is 2.05 bits per heavy atom. The van der Waals surface area contributed by atoms with E-state index in [0.717, 1.165) is 5.82 Å². The number of aromatic nitrogens is 5. The second-order valence-corrected chi connectivity index (χ2v) is 3.76. The van der Waals surface area contributed by atoms with Crippen molar-refractivity contribution in [1.29, 1.82) is 0 Å². The highest BCUT2D eigenvalue weighted by Crippen LogP contribution is 2.11. The van der Waals surface area contributed by atoms with Gasteiger partial charge in [-0.3, -0.25) is 0 Å². The number of hydrogen-bond acceptors (Lipinski definition) is 7. The van der Waals surface area contributed by atoms with Crippen LogP contribution in [0.1, 0.15) is 12.7 Å². The van der Waals surface area contributed by atoms with Gasteiger partial charge in [0.05, 0.1) is 13.2 Å². The Morgan fingerprint density at radius 3 is 2.68 bits per heavy atom. The Kier molecular flexibility index (Phi) is 4.11. The van der Waals surface area contributed by atoms with Crippen LogP contribution in [0, 0.1) is 0 Å². The molecule has 0 radical (unpaired) electrons. The molecule has 2 aromatic heterocycles. The summed E-state index contributed by atoms with van der Waals surface area (Å²) in [6.07, 6.45) is 3.63. The minimum atomic E-state index is 0.296. The van der Waals surface area contributed by atoms with Crippen molar-refractivity contribution in [2.75, 3.05) is 24.3 Å². The van der Waals surface area contributed by atoms with Crippen LogP contribution in [0.3, 0.4) is 0 Å². The normalized spacial score (nSPS) is 10.3. The van der Waals surface area contributed by atoms with Crippen molar-refractivity contribution in [3.63, 3.8) is 0 Å². The predicted octanol–water partition coefficient (Wildman–Crippen LogP) is 0.658. The number of anilines is 2. The predicted molar refractivity (Wildman–Crippen MR) is 71.1 cm³/mol. The van der Waals surface area contributed by atoms with Gasteiger partial charge in [-0.25, -0.2) is 4.98 Å². The highest BCUT2D eigenvalue weighted by molar-refractivity contribution is 5.35. The average Bonchev–Trinajstić information content (AvgIpc) is 2.82. The van der Waals surface area contributed by atoms with E-state index in [4.69, 9.17) is 4.74 Å². The van der Waals surface area contributed by atoms with Crippen LogP contribution in [-0.2, 0) is 13.6 Å². The van der Waals surface area contributed by atoms with Crippen LogP contribution in [0.4, 0.5) is 11.9 Å². The van der Waals surface area contributed by atoms with Gasteiger partial charge in [0.2, 0.25) is 11.9 Å². The van der Waals surface area contributed by atoms with Crippen LogP contribution >= 0.6 is 0 Å². The van der Waals surface area contributed by atoms with Crippen molar-refractivity contribution >= 4 is 11.9 Å². The summed E-state index contributed by atoms with van der Waals surface area (Å²) in [5.74, 6) is 1.80. The van der Waals surface area contributed by atoms with Gasteiger partial charge in [-0.05, 0) is 6.92 Å². The Bertz CT molecular complexity index is 540. The molecule has 8 heteroatoms. The monoisotopic (exact) mass is 263 g/mol. The molecule has 0 aliphatic carbocycles. The molecule has 0 amide bonds. The fourth-order valence-corrected chi connectivity index (χ4v) is 1.47. The first kappa shape index (κ1) is 13.1. The van der Waals surface area contributed by atoms with Gasteiger partial charge in [-0.15, -0.1) is 0 Å². The molecular formula is C11H17N7O. The number of rotatable bonds is 6. The second-order valence-electron chi connectivity index (χ2n) is 3.76. The van der Waals surface area contributed by atoms with Gasteiger partial charge in [-0.1, -0.05) is 0 Å². The minimum Gasteiger partial charge on any atom is -0.464 e. The molecule has 8 nitrogen and oxygen atoms in total. The van der Waals surface area contributed by atoms with E-state index in [1.807, 2.05) is 24.7 Å². The van der Waals surface area contributed by atoms with Gasteiger partial charge in [0.25, 0.3) is 0 Å². The van der Waals surface area contributed by atoms with E-state index < -0.39 is 0 Å². The molecule has 102 valence electrons.